The van der Waals surface area contributed by atoms with Gasteiger partial charge in [-0.2, -0.15) is 0 Å². The average Bonchev–Trinajstić information content (AvgIpc) is 2.60. The molecule has 1 aliphatic heterocycles. The largest absolute Gasteiger partial charge is 0.369 e. The lowest BCUT2D eigenvalue weighted by molar-refractivity contribution is -0.117. The van der Waals surface area contributed by atoms with E-state index in [1.54, 1.807) is 12.1 Å². The van der Waals surface area contributed by atoms with E-state index in [4.69, 9.17) is 11.6 Å². The van der Waals surface area contributed by atoms with Crippen LogP contribution in [-0.4, -0.2) is 43.5 Å². The molecule has 1 heterocycles. The summed E-state index contributed by atoms with van der Waals surface area (Å²) in [7, 11) is 0. The Labute approximate surface area is 152 Å². The predicted octanol–water partition coefficient (Wildman–Crippen LogP) is 3.55. The van der Waals surface area contributed by atoms with E-state index in [0.717, 1.165) is 36.9 Å². The smallest absolute Gasteiger partial charge is 0.238 e. The molecule has 1 fully saturated rings. The molecule has 3 rings (SSSR count). The van der Waals surface area contributed by atoms with Gasteiger partial charge in [0.1, 0.15) is 5.82 Å². The van der Waals surface area contributed by atoms with Crippen LogP contribution in [0.4, 0.5) is 15.8 Å². The normalized spacial score (nSPS) is 15.2. The number of nitrogens with zero attached hydrogens (tertiary/aromatic N) is 2. The molecule has 0 aromatic heterocycles. The van der Waals surface area contributed by atoms with E-state index >= 15 is 0 Å². The fourth-order valence-corrected chi connectivity index (χ4v) is 3.17. The molecule has 1 saturated heterocycles. The van der Waals surface area contributed by atoms with Crippen molar-refractivity contribution in [1.29, 1.82) is 0 Å². The van der Waals surface area contributed by atoms with E-state index in [1.165, 1.54) is 17.7 Å². The number of carbonyl (C=O) groups excluding carboxylic acids is 1. The van der Waals surface area contributed by atoms with Crippen LogP contribution in [0.3, 0.4) is 0 Å². The van der Waals surface area contributed by atoms with Crippen molar-refractivity contribution in [2.75, 3.05) is 42.9 Å². The molecule has 2 aromatic rings. The van der Waals surface area contributed by atoms with Gasteiger partial charge in [0.15, 0.2) is 0 Å². The number of halogens is 2. The Morgan fingerprint density at radius 1 is 1.12 bits per heavy atom. The summed E-state index contributed by atoms with van der Waals surface area (Å²) < 4.78 is 12.9. The number of carbonyl (C=O) groups is 1. The van der Waals surface area contributed by atoms with Gasteiger partial charge >= 0.3 is 0 Å². The molecular formula is C19H21ClFN3O. The van der Waals surface area contributed by atoms with E-state index in [2.05, 4.69) is 22.0 Å². The first-order valence-corrected chi connectivity index (χ1v) is 8.68. The number of aryl methyl sites for hydroxylation is 1. The summed E-state index contributed by atoms with van der Waals surface area (Å²) in [6.07, 6.45) is 0. The van der Waals surface area contributed by atoms with Crippen LogP contribution in [0.25, 0.3) is 0 Å². The van der Waals surface area contributed by atoms with Crippen LogP contribution in [0.5, 0.6) is 0 Å². The Morgan fingerprint density at radius 2 is 1.80 bits per heavy atom. The Bertz CT molecular complexity index is 743. The first kappa shape index (κ1) is 17.7. The fourth-order valence-electron chi connectivity index (χ4n) is 3.01. The minimum Gasteiger partial charge on any atom is -0.369 e. The van der Waals surface area contributed by atoms with E-state index < -0.39 is 0 Å². The van der Waals surface area contributed by atoms with Crippen molar-refractivity contribution in [3.05, 3.63) is 58.9 Å². The highest BCUT2D eigenvalue weighted by molar-refractivity contribution is 6.30. The zero-order chi connectivity index (χ0) is 17.8. The summed E-state index contributed by atoms with van der Waals surface area (Å²) in [6, 6.07) is 11.7. The summed E-state index contributed by atoms with van der Waals surface area (Å²) in [5.74, 6) is -0.399. The highest BCUT2D eigenvalue weighted by atomic mass is 35.5. The average molecular weight is 362 g/mol. The molecule has 0 saturated carbocycles. The van der Waals surface area contributed by atoms with Gasteiger partial charge in [-0.1, -0.05) is 17.7 Å². The van der Waals surface area contributed by atoms with Crippen molar-refractivity contribution in [3.8, 4) is 0 Å². The number of anilines is 2. The molecule has 4 nitrogen and oxygen atoms in total. The van der Waals surface area contributed by atoms with Gasteiger partial charge in [-0.05, 0) is 48.9 Å². The number of nitrogens with one attached hydrogen (secondary N) is 1. The van der Waals surface area contributed by atoms with Crippen molar-refractivity contribution < 1.29 is 9.18 Å². The predicted molar refractivity (Wildman–Crippen MR) is 99.9 cm³/mol. The van der Waals surface area contributed by atoms with Gasteiger partial charge in [-0.3, -0.25) is 9.69 Å². The molecular weight excluding hydrogens is 341 g/mol. The van der Waals surface area contributed by atoms with Gasteiger partial charge in [-0.25, -0.2) is 4.39 Å². The number of benzene rings is 2. The zero-order valence-corrected chi connectivity index (χ0v) is 14.9. The van der Waals surface area contributed by atoms with Crippen molar-refractivity contribution in [2.45, 2.75) is 6.92 Å². The summed E-state index contributed by atoms with van der Waals surface area (Å²) >= 11 is 6.11. The number of hydrogen-bond donors (Lipinski definition) is 1. The first-order valence-electron chi connectivity index (χ1n) is 8.30. The quantitative estimate of drug-likeness (QED) is 0.904. The number of hydrogen-bond acceptors (Lipinski definition) is 3. The summed E-state index contributed by atoms with van der Waals surface area (Å²) in [5, 5.41) is 3.54. The zero-order valence-electron chi connectivity index (χ0n) is 14.1. The van der Waals surface area contributed by atoms with Gasteiger partial charge < -0.3 is 10.2 Å². The minimum atomic E-state index is -0.314. The van der Waals surface area contributed by atoms with Crippen LogP contribution in [0.15, 0.2) is 42.5 Å². The van der Waals surface area contributed by atoms with Crippen LogP contribution in [-0.2, 0) is 4.79 Å². The molecule has 1 aliphatic rings. The van der Waals surface area contributed by atoms with Crippen LogP contribution < -0.4 is 10.2 Å². The van der Waals surface area contributed by atoms with E-state index in [-0.39, 0.29) is 11.7 Å². The lowest BCUT2D eigenvalue weighted by Gasteiger charge is -2.36. The number of piperazine rings is 1. The molecule has 132 valence electrons. The molecule has 0 spiro atoms. The SMILES string of the molecule is Cc1ccc(Cl)cc1N1CCN(CC(=O)Nc2ccc(F)cc2)CC1. The second-order valence-electron chi connectivity index (χ2n) is 6.25. The second-order valence-corrected chi connectivity index (χ2v) is 6.69. The first-order chi connectivity index (χ1) is 12.0. The van der Waals surface area contributed by atoms with Crippen LogP contribution in [0.2, 0.25) is 5.02 Å². The van der Waals surface area contributed by atoms with Crippen molar-refractivity contribution >= 4 is 28.9 Å². The molecule has 0 bridgehead atoms. The van der Waals surface area contributed by atoms with Crippen molar-refractivity contribution in [1.82, 2.24) is 4.90 Å². The Kier molecular flexibility index (Phi) is 5.56. The molecule has 1 amide bonds. The summed E-state index contributed by atoms with van der Waals surface area (Å²) in [5.41, 5.74) is 2.97. The van der Waals surface area contributed by atoms with Crippen LogP contribution in [0, 0.1) is 12.7 Å². The summed E-state index contributed by atoms with van der Waals surface area (Å²) in [6.45, 7) is 5.73. The maximum absolute atomic E-state index is 12.9. The Hall–Kier alpha value is -2.11. The maximum atomic E-state index is 12.9. The molecule has 25 heavy (non-hydrogen) atoms. The molecule has 0 unspecified atom stereocenters. The monoisotopic (exact) mass is 361 g/mol. The van der Waals surface area contributed by atoms with Crippen LogP contribution >= 0.6 is 11.6 Å². The number of rotatable bonds is 4. The molecule has 6 heteroatoms. The van der Waals surface area contributed by atoms with Gasteiger partial charge in [0, 0.05) is 42.6 Å². The van der Waals surface area contributed by atoms with Gasteiger partial charge in [0.2, 0.25) is 5.91 Å². The molecule has 1 N–H and O–H groups in total. The third kappa shape index (κ3) is 4.71. The minimum absolute atomic E-state index is 0.0843. The second kappa shape index (κ2) is 7.85. The third-order valence-electron chi connectivity index (χ3n) is 4.38. The standard InChI is InChI=1S/C19H21ClFN3O/c1-14-2-3-15(20)12-18(14)24-10-8-23(9-11-24)13-19(25)22-17-6-4-16(21)5-7-17/h2-7,12H,8-11,13H2,1H3,(H,22,25). The third-order valence-corrected chi connectivity index (χ3v) is 4.61. The Balaban J connectivity index is 1.51. The lowest BCUT2D eigenvalue weighted by atomic mass is 10.1. The highest BCUT2D eigenvalue weighted by Crippen LogP contribution is 2.25. The maximum Gasteiger partial charge on any atom is 0.238 e. The van der Waals surface area contributed by atoms with Gasteiger partial charge in [0.05, 0.1) is 6.54 Å². The van der Waals surface area contributed by atoms with Gasteiger partial charge in [-0.15, -0.1) is 0 Å². The fraction of sp³-hybridized carbons (Fsp3) is 0.316. The lowest BCUT2D eigenvalue weighted by Crippen LogP contribution is -2.48. The van der Waals surface area contributed by atoms with Crippen molar-refractivity contribution in [3.63, 3.8) is 0 Å². The molecule has 0 aliphatic carbocycles. The van der Waals surface area contributed by atoms with Crippen molar-refractivity contribution in [2.24, 2.45) is 0 Å². The molecule has 0 radical (unpaired) electrons. The van der Waals surface area contributed by atoms with Gasteiger partial charge in [0.25, 0.3) is 0 Å². The van der Waals surface area contributed by atoms with E-state index in [1.807, 2.05) is 18.2 Å². The number of amides is 1. The highest BCUT2D eigenvalue weighted by Gasteiger charge is 2.20. The Morgan fingerprint density at radius 3 is 2.48 bits per heavy atom. The van der Waals surface area contributed by atoms with Crippen LogP contribution in [0.1, 0.15) is 5.56 Å². The van der Waals surface area contributed by atoms with E-state index in [0.29, 0.717) is 12.2 Å². The summed E-state index contributed by atoms with van der Waals surface area (Å²) in [4.78, 5) is 16.6. The van der Waals surface area contributed by atoms with E-state index in [9.17, 15) is 9.18 Å². The topological polar surface area (TPSA) is 35.6 Å². The molecule has 0 atom stereocenters. The molecule has 2 aromatic carbocycles.